The van der Waals surface area contributed by atoms with E-state index in [1.807, 2.05) is 0 Å². The second-order valence-electron chi connectivity index (χ2n) is 8.05. The molecule has 1 heterocycles. The van der Waals surface area contributed by atoms with E-state index in [4.69, 9.17) is 0 Å². The Bertz CT molecular complexity index is 529. The van der Waals surface area contributed by atoms with Crippen LogP contribution in [0.1, 0.15) is 59.8 Å². The molecule has 0 atom stereocenters. The number of guanidine groups is 1. The van der Waals surface area contributed by atoms with Crippen LogP contribution in [0.25, 0.3) is 0 Å². The average molecular weight is 344 g/mol. The van der Waals surface area contributed by atoms with Crippen molar-refractivity contribution in [1.82, 2.24) is 10.2 Å². The Morgan fingerprint density at radius 3 is 2.43 bits per heavy atom. The van der Waals surface area contributed by atoms with Crippen molar-refractivity contribution < 1.29 is 8.42 Å². The molecule has 0 aromatic carbocycles. The van der Waals surface area contributed by atoms with E-state index in [-0.39, 0.29) is 5.75 Å². The topological polar surface area (TPSA) is 61.8 Å². The Balaban J connectivity index is 1.98. The maximum Gasteiger partial charge on any atom is 0.193 e. The number of nitrogens with zero attached hydrogens (tertiary/aromatic N) is 2. The number of hydrogen-bond donors (Lipinski definition) is 1. The van der Waals surface area contributed by atoms with Gasteiger partial charge in [-0.05, 0) is 52.4 Å². The van der Waals surface area contributed by atoms with Gasteiger partial charge in [0.1, 0.15) is 0 Å². The molecule has 23 heavy (non-hydrogen) atoms. The summed E-state index contributed by atoms with van der Waals surface area (Å²) in [5.74, 6) is 1.00. The minimum absolute atomic E-state index is 0.115. The van der Waals surface area contributed by atoms with Gasteiger partial charge in [0.05, 0.1) is 17.0 Å². The SMILES string of the molecule is CCNC(=NCCS(=O)(=O)C(C)(C)C)N1CCC2(CCCC2)C1. The molecule has 1 aliphatic heterocycles. The fourth-order valence-electron chi connectivity index (χ4n) is 3.65. The van der Waals surface area contributed by atoms with E-state index < -0.39 is 14.6 Å². The van der Waals surface area contributed by atoms with E-state index in [1.54, 1.807) is 20.8 Å². The Kier molecular flexibility index (Phi) is 5.64. The number of aliphatic imine (C=N–C) groups is 1. The molecular weight excluding hydrogens is 310 g/mol. The largest absolute Gasteiger partial charge is 0.357 e. The fourth-order valence-corrected chi connectivity index (χ4v) is 4.60. The summed E-state index contributed by atoms with van der Waals surface area (Å²) < 4.78 is 23.7. The highest BCUT2D eigenvalue weighted by molar-refractivity contribution is 7.92. The number of rotatable bonds is 4. The van der Waals surface area contributed by atoms with Gasteiger partial charge in [0, 0.05) is 19.6 Å². The van der Waals surface area contributed by atoms with Crippen molar-refractivity contribution in [2.45, 2.75) is 64.5 Å². The summed E-state index contributed by atoms with van der Waals surface area (Å²) in [4.78, 5) is 6.93. The molecule has 0 unspecified atom stereocenters. The molecule has 0 bridgehead atoms. The van der Waals surface area contributed by atoms with E-state index >= 15 is 0 Å². The summed E-state index contributed by atoms with van der Waals surface area (Å²) in [6, 6.07) is 0. The molecular formula is C17H33N3O2S. The predicted octanol–water partition coefficient (Wildman–Crippen LogP) is 2.43. The fraction of sp³-hybridized carbons (Fsp3) is 0.941. The predicted molar refractivity (Wildman–Crippen MR) is 96.6 cm³/mol. The molecule has 1 saturated heterocycles. The first-order valence-corrected chi connectivity index (χ1v) is 10.6. The van der Waals surface area contributed by atoms with Gasteiger partial charge in [-0.25, -0.2) is 8.42 Å². The molecule has 2 rings (SSSR count). The minimum atomic E-state index is -3.11. The number of sulfone groups is 1. The van der Waals surface area contributed by atoms with Gasteiger partial charge in [0.15, 0.2) is 15.8 Å². The van der Waals surface area contributed by atoms with Crippen LogP contribution in [0.2, 0.25) is 0 Å². The second-order valence-corrected chi connectivity index (χ2v) is 10.9. The van der Waals surface area contributed by atoms with Crippen molar-refractivity contribution in [3.05, 3.63) is 0 Å². The van der Waals surface area contributed by atoms with Gasteiger partial charge in [-0.15, -0.1) is 0 Å². The number of likely N-dealkylation sites (tertiary alicyclic amines) is 1. The maximum absolute atomic E-state index is 12.2. The van der Waals surface area contributed by atoms with Crippen molar-refractivity contribution in [2.75, 3.05) is 31.9 Å². The molecule has 0 radical (unpaired) electrons. The second kappa shape index (κ2) is 6.99. The van der Waals surface area contributed by atoms with Crippen LogP contribution in [0.15, 0.2) is 4.99 Å². The van der Waals surface area contributed by atoms with Crippen LogP contribution in [-0.2, 0) is 9.84 Å². The summed E-state index contributed by atoms with van der Waals surface area (Å²) >= 11 is 0. The molecule has 0 aromatic heterocycles. The van der Waals surface area contributed by atoms with Gasteiger partial charge in [-0.1, -0.05) is 12.8 Å². The zero-order valence-corrected chi connectivity index (χ0v) is 16.0. The average Bonchev–Trinajstić information content (AvgIpc) is 3.07. The van der Waals surface area contributed by atoms with Gasteiger partial charge in [0.2, 0.25) is 0 Å². The Morgan fingerprint density at radius 1 is 1.22 bits per heavy atom. The minimum Gasteiger partial charge on any atom is -0.357 e. The summed E-state index contributed by atoms with van der Waals surface area (Å²) in [5, 5.41) is 3.34. The quantitative estimate of drug-likeness (QED) is 0.629. The zero-order chi connectivity index (χ0) is 17.1. The number of hydrogen-bond acceptors (Lipinski definition) is 3. The Labute approximate surface area is 141 Å². The molecule has 2 aliphatic rings. The van der Waals surface area contributed by atoms with Crippen molar-refractivity contribution >= 4 is 15.8 Å². The standard InChI is InChI=1S/C17H33N3O2S/c1-5-18-15(19-11-13-23(21,22)16(2,3)4)20-12-10-17(14-20)8-6-7-9-17/h5-14H2,1-4H3,(H,18,19). The molecule has 1 spiro atoms. The lowest BCUT2D eigenvalue weighted by molar-refractivity contribution is 0.309. The summed E-state index contributed by atoms with van der Waals surface area (Å²) in [7, 11) is -3.11. The highest BCUT2D eigenvalue weighted by Gasteiger charge is 2.41. The molecule has 5 nitrogen and oxygen atoms in total. The van der Waals surface area contributed by atoms with E-state index in [2.05, 4.69) is 22.1 Å². The van der Waals surface area contributed by atoms with Crippen molar-refractivity contribution in [1.29, 1.82) is 0 Å². The molecule has 0 aromatic rings. The molecule has 0 amide bonds. The highest BCUT2D eigenvalue weighted by atomic mass is 32.2. The first-order valence-electron chi connectivity index (χ1n) is 8.95. The normalized spacial score (nSPS) is 22.1. The van der Waals surface area contributed by atoms with Gasteiger partial charge in [-0.2, -0.15) is 0 Å². The van der Waals surface area contributed by atoms with Crippen LogP contribution in [0, 0.1) is 5.41 Å². The monoisotopic (exact) mass is 343 g/mol. The molecule has 1 N–H and O–H groups in total. The molecule has 1 saturated carbocycles. The zero-order valence-electron chi connectivity index (χ0n) is 15.2. The first kappa shape index (κ1) is 18.6. The van der Waals surface area contributed by atoms with Crippen LogP contribution in [-0.4, -0.2) is 56.0 Å². The van der Waals surface area contributed by atoms with Crippen LogP contribution in [0.4, 0.5) is 0 Å². The lowest BCUT2D eigenvalue weighted by Crippen LogP contribution is -2.41. The summed E-state index contributed by atoms with van der Waals surface area (Å²) in [6.07, 6.45) is 6.62. The van der Waals surface area contributed by atoms with Gasteiger partial charge >= 0.3 is 0 Å². The van der Waals surface area contributed by atoms with Crippen LogP contribution in [0.5, 0.6) is 0 Å². The number of nitrogens with one attached hydrogen (secondary N) is 1. The van der Waals surface area contributed by atoms with Gasteiger partial charge in [0.25, 0.3) is 0 Å². The molecule has 2 fully saturated rings. The van der Waals surface area contributed by atoms with Crippen molar-refractivity contribution in [3.8, 4) is 0 Å². The Hall–Kier alpha value is -0.780. The lowest BCUT2D eigenvalue weighted by atomic mass is 9.86. The molecule has 134 valence electrons. The van der Waals surface area contributed by atoms with Gasteiger partial charge < -0.3 is 10.2 Å². The Morgan fingerprint density at radius 2 is 1.87 bits per heavy atom. The highest BCUT2D eigenvalue weighted by Crippen LogP contribution is 2.45. The third-order valence-corrected chi connectivity index (χ3v) is 7.88. The van der Waals surface area contributed by atoms with E-state index in [0.29, 0.717) is 12.0 Å². The smallest absolute Gasteiger partial charge is 0.193 e. The molecule has 1 aliphatic carbocycles. The van der Waals surface area contributed by atoms with E-state index in [9.17, 15) is 8.42 Å². The maximum atomic E-state index is 12.2. The van der Waals surface area contributed by atoms with Crippen LogP contribution < -0.4 is 5.32 Å². The summed E-state index contributed by atoms with van der Waals surface area (Å²) in [5.41, 5.74) is 0.494. The third-order valence-electron chi connectivity index (χ3n) is 5.29. The lowest BCUT2D eigenvalue weighted by Gasteiger charge is -2.26. The molecule has 6 heteroatoms. The van der Waals surface area contributed by atoms with Gasteiger partial charge in [-0.3, -0.25) is 4.99 Å². The van der Waals surface area contributed by atoms with Crippen molar-refractivity contribution in [3.63, 3.8) is 0 Å². The third kappa shape index (κ3) is 4.40. The van der Waals surface area contributed by atoms with Crippen LogP contribution in [0.3, 0.4) is 0 Å². The van der Waals surface area contributed by atoms with E-state index in [1.165, 1.54) is 32.1 Å². The van der Waals surface area contributed by atoms with Crippen molar-refractivity contribution in [2.24, 2.45) is 10.4 Å². The van der Waals surface area contributed by atoms with Crippen LogP contribution >= 0.6 is 0 Å². The first-order chi connectivity index (χ1) is 10.7. The summed E-state index contributed by atoms with van der Waals surface area (Å²) in [6.45, 7) is 10.6. The van der Waals surface area contributed by atoms with E-state index in [0.717, 1.165) is 25.6 Å².